The van der Waals surface area contributed by atoms with Crippen LogP contribution < -0.4 is 10.3 Å². The molecule has 0 atom stereocenters. The fraction of sp³-hybridized carbons (Fsp3) is 0. The van der Waals surface area contributed by atoms with Gasteiger partial charge in [0.05, 0.1) is 11.6 Å². The van der Waals surface area contributed by atoms with Crippen LogP contribution in [0.5, 0.6) is 5.75 Å². The molecule has 0 bridgehead atoms. The van der Waals surface area contributed by atoms with Gasteiger partial charge in [-0.25, -0.2) is 4.79 Å². The number of carboxylic acid groups (broad SMARTS) is 1. The molecule has 6 aromatic rings. The number of anilines is 3. The van der Waals surface area contributed by atoms with E-state index in [9.17, 15) is 14.7 Å². The lowest BCUT2D eigenvalue weighted by molar-refractivity contribution is -0.131. The Morgan fingerprint density at radius 1 is 0.756 bits per heavy atom. The monoisotopic (exact) mass is 543 g/mol. The van der Waals surface area contributed by atoms with Crippen LogP contribution in [0.15, 0.2) is 148 Å². The Bertz CT molecular complexity index is 1800. The number of carboxylic acids is 1. The number of benzene rings is 4. The van der Waals surface area contributed by atoms with Gasteiger partial charge in [0.25, 0.3) is 0 Å². The predicted molar refractivity (Wildman–Crippen MR) is 160 cm³/mol. The lowest BCUT2D eigenvalue weighted by Gasteiger charge is -2.25. The van der Waals surface area contributed by atoms with Gasteiger partial charge in [-0.15, -0.1) is 0 Å². The second kappa shape index (κ2) is 11.9. The van der Waals surface area contributed by atoms with Gasteiger partial charge in [0, 0.05) is 23.1 Å². The number of nitrogens with zero attached hydrogens (tertiary/aromatic N) is 1. The third-order valence-corrected chi connectivity index (χ3v) is 6.27. The average molecular weight is 544 g/mol. The lowest BCUT2D eigenvalue weighted by atomic mass is 10.0. The minimum Gasteiger partial charge on any atom is -0.501 e. The SMILES string of the molecule is C=CC(=O)O.O=c1c(O)c(-c2ccco2)oc2ccc(-c3ccc(N(c4ccccc4)c4ccccc4)cc3)cc12. The summed E-state index contributed by atoms with van der Waals surface area (Å²) in [7, 11) is 0. The van der Waals surface area contributed by atoms with Crippen molar-refractivity contribution in [3.05, 3.63) is 144 Å². The lowest BCUT2D eigenvalue weighted by Crippen LogP contribution is -2.09. The van der Waals surface area contributed by atoms with Crippen molar-refractivity contribution < 1.29 is 23.8 Å². The second-order valence-corrected chi connectivity index (χ2v) is 8.89. The van der Waals surface area contributed by atoms with Crippen molar-refractivity contribution in [2.75, 3.05) is 4.90 Å². The number of carbonyl (C=O) groups is 1. The summed E-state index contributed by atoms with van der Waals surface area (Å²) in [6.45, 7) is 2.96. The van der Waals surface area contributed by atoms with Gasteiger partial charge in [0.2, 0.25) is 16.9 Å². The molecule has 0 saturated heterocycles. The molecule has 0 spiro atoms. The third kappa shape index (κ3) is 5.79. The third-order valence-electron chi connectivity index (χ3n) is 6.27. The van der Waals surface area contributed by atoms with Crippen molar-refractivity contribution in [1.29, 1.82) is 0 Å². The highest BCUT2D eigenvalue weighted by molar-refractivity contribution is 5.86. The van der Waals surface area contributed by atoms with Crippen LogP contribution in [0.4, 0.5) is 17.1 Å². The minimum atomic E-state index is -0.981. The van der Waals surface area contributed by atoms with Crippen LogP contribution >= 0.6 is 0 Å². The first-order chi connectivity index (χ1) is 20.0. The van der Waals surface area contributed by atoms with Crippen molar-refractivity contribution in [3.63, 3.8) is 0 Å². The van der Waals surface area contributed by atoms with Crippen LogP contribution in [0.3, 0.4) is 0 Å². The first kappa shape index (κ1) is 26.8. The molecule has 2 heterocycles. The van der Waals surface area contributed by atoms with Gasteiger partial charge in [0.15, 0.2) is 5.76 Å². The first-order valence-corrected chi connectivity index (χ1v) is 12.7. The minimum absolute atomic E-state index is 0.0246. The Morgan fingerprint density at radius 3 is 1.85 bits per heavy atom. The van der Waals surface area contributed by atoms with Crippen LogP contribution in [-0.2, 0) is 4.79 Å². The van der Waals surface area contributed by atoms with Crippen molar-refractivity contribution in [1.82, 2.24) is 0 Å². The van der Waals surface area contributed by atoms with E-state index in [4.69, 9.17) is 13.9 Å². The Balaban J connectivity index is 0.000000623. The number of fused-ring (bicyclic) bond motifs is 1. The largest absolute Gasteiger partial charge is 0.501 e. The highest BCUT2D eigenvalue weighted by atomic mass is 16.4. The van der Waals surface area contributed by atoms with E-state index in [1.54, 1.807) is 24.3 Å². The van der Waals surface area contributed by atoms with E-state index >= 15 is 0 Å². The first-order valence-electron chi connectivity index (χ1n) is 12.7. The molecule has 0 aliphatic rings. The summed E-state index contributed by atoms with van der Waals surface area (Å²) in [5, 5.41) is 18.4. The molecule has 202 valence electrons. The van der Waals surface area contributed by atoms with Crippen molar-refractivity contribution in [2.24, 2.45) is 0 Å². The number of hydrogen-bond donors (Lipinski definition) is 2. The van der Waals surface area contributed by atoms with E-state index in [0.717, 1.165) is 34.3 Å². The maximum absolute atomic E-state index is 12.9. The zero-order chi connectivity index (χ0) is 28.8. The molecule has 2 N–H and O–H groups in total. The van der Waals surface area contributed by atoms with Gasteiger partial charge in [0.1, 0.15) is 5.58 Å². The molecule has 7 heteroatoms. The summed E-state index contributed by atoms with van der Waals surface area (Å²) in [6, 6.07) is 37.2. The zero-order valence-electron chi connectivity index (χ0n) is 21.8. The quantitative estimate of drug-likeness (QED) is 0.204. The van der Waals surface area contributed by atoms with Gasteiger partial charge in [-0.2, -0.15) is 0 Å². The highest BCUT2D eigenvalue weighted by Gasteiger charge is 2.18. The standard InChI is InChI=1S/C31H21NO4.C3H4O2/c33-29-26-20-22(15-18-27(26)36-31(30(29)34)28-12-7-19-35-28)21-13-16-25(17-14-21)32(23-8-3-1-4-9-23)24-10-5-2-6-11-24;1-2-3(4)5/h1-20,34H;2H,1H2,(H,4,5). The van der Waals surface area contributed by atoms with Gasteiger partial charge < -0.3 is 23.9 Å². The second-order valence-electron chi connectivity index (χ2n) is 8.89. The van der Waals surface area contributed by atoms with E-state index in [0.29, 0.717) is 16.7 Å². The number of para-hydroxylation sites is 2. The Labute approximate surface area is 235 Å². The van der Waals surface area contributed by atoms with Crippen LogP contribution in [0.25, 0.3) is 33.6 Å². The van der Waals surface area contributed by atoms with E-state index in [1.165, 1.54) is 6.26 Å². The molecule has 6 rings (SSSR count). The van der Waals surface area contributed by atoms with Crippen LogP contribution in [-0.4, -0.2) is 16.2 Å². The summed E-state index contributed by atoms with van der Waals surface area (Å²) in [5.41, 5.74) is 4.79. The average Bonchev–Trinajstić information content (AvgIpc) is 3.56. The van der Waals surface area contributed by atoms with Crippen molar-refractivity contribution in [3.8, 4) is 28.4 Å². The molecule has 0 saturated carbocycles. The van der Waals surface area contributed by atoms with Gasteiger partial charge in [-0.3, -0.25) is 4.79 Å². The fourth-order valence-corrected chi connectivity index (χ4v) is 4.34. The number of aliphatic carboxylic acids is 1. The van der Waals surface area contributed by atoms with Gasteiger partial charge >= 0.3 is 5.97 Å². The molecular weight excluding hydrogens is 518 g/mol. The summed E-state index contributed by atoms with van der Waals surface area (Å²) in [6.07, 6.45) is 2.29. The number of hydrogen-bond acceptors (Lipinski definition) is 6. The molecule has 0 aliphatic carbocycles. The molecule has 0 aliphatic heterocycles. The molecule has 4 aromatic carbocycles. The van der Waals surface area contributed by atoms with E-state index < -0.39 is 17.1 Å². The van der Waals surface area contributed by atoms with Crippen LogP contribution in [0.2, 0.25) is 0 Å². The van der Waals surface area contributed by atoms with Crippen LogP contribution in [0, 0.1) is 0 Å². The summed E-state index contributed by atoms with van der Waals surface area (Å²) < 4.78 is 11.1. The number of rotatable bonds is 6. The van der Waals surface area contributed by atoms with Gasteiger partial charge in [-0.1, -0.05) is 61.2 Å². The fourth-order valence-electron chi connectivity index (χ4n) is 4.34. The molecule has 41 heavy (non-hydrogen) atoms. The van der Waals surface area contributed by atoms with E-state index in [1.807, 2.05) is 54.6 Å². The molecule has 0 amide bonds. The Hall–Kier alpha value is -5.82. The normalized spacial score (nSPS) is 10.4. The Morgan fingerprint density at radius 2 is 1.32 bits per heavy atom. The van der Waals surface area contributed by atoms with Crippen LogP contribution in [0.1, 0.15) is 0 Å². The molecule has 0 fully saturated rings. The topological polar surface area (TPSA) is 104 Å². The smallest absolute Gasteiger partial charge is 0.327 e. The van der Waals surface area contributed by atoms with Crippen molar-refractivity contribution >= 4 is 34.0 Å². The summed E-state index contributed by atoms with van der Waals surface area (Å²) >= 11 is 0. The maximum Gasteiger partial charge on any atom is 0.327 e. The maximum atomic E-state index is 12.9. The summed E-state index contributed by atoms with van der Waals surface area (Å²) in [5.74, 6) is -1.12. The number of aromatic hydroxyl groups is 1. The summed E-state index contributed by atoms with van der Waals surface area (Å²) in [4.78, 5) is 24.4. The van der Waals surface area contributed by atoms with E-state index in [2.05, 4.69) is 47.9 Å². The van der Waals surface area contributed by atoms with Crippen molar-refractivity contribution in [2.45, 2.75) is 0 Å². The molecule has 0 radical (unpaired) electrons. The Kier molecular flexibility index (Phi) is 7.79. The van der Waals surface area contributed by atoms with E-state index in [-0.39, 0.29) is 5.76 Å². The number of furan rings is 1. The molecule has 0 unspecified atom stereocenters. The zero-order valence-corrected chi connectivity index (χ0v) is 21.8. The highest BCUT2D eigenvalue weighted by Crippen LogP contribution is 2.36. The predicted octanol–water partition coefficient (Wildman–Crippen LogP) is 8.15. The van der Waals surface area contributed by atoms with Gasteiger partial charge in [-0.05, 0) is 71.8 Å². The molecular formula is C34H25NO6. The molecule has 2 aromatic heterocycles. The molecule has 7 nitrogen and oxygen atoms in total.